The summed E-state index contributed by atoms with van der Waals surface area (Å²) in [5.41, 5.74) is 0. The minimum atomic E-state index is -0.430. The minimum absolute atomic E-state index is 0.0392. The monoisotopic (exact) mass is 407 g/mol. The van der Waals surface area contributed by atoms with E-state index in [-0.39, 0.29) is 17.0 Å². The molecule has 7 nitrogen and oxygen atoms in total. The highest BCUT2D eigenvalue weighted by Gasteiger charge is 2.20. The molecule has 2 aromatic rings. The van der Waals surface area contributed by atoms with Gasteiger partial charge in [-0.05, 0) is 32.0 Å². The fraction of sp³-hybridized carbons (Fsp3) is 0.421. The predicted octanol–water partition coefficient (Wildman–Crippen LogP) is 2.71. The van der Waals surface area contributed by atoms with E-state index in [1.807, 2.05) is 13.8 Å². The van der Waals surface area contributed by atoms with Gasteiger partial charge in [0, 0.05) is 38.3 Å². The molecule has 0 atom stereocenters. The van der Waals surface area contributed by atoms with E-state index in [9.17, 15) is 9.18 Å². The summed E-state index contributed by atoms with van der Waals surface area (Å²) in [5, 5.41) is 3.08. The quantitative estimate of drug-likeness (QED) is 0.794. The van der Waals surface area contributed by atoms with E-state index in [0.29, 0.717) is 18.2 Å². The number of hydrogen-bond donors (Lipinski definition) is 1. The van der Waals surface area contributed by atoms with Gasteiger partial charge in [-0.2, -0.15) is 0 Å². The Hall–Kier alpha value is -2.45. The first kappa shape index (κ1) is 20.3. The molecular weight excluding hydrogens is 385 g/mol. The van der Waals surface area contributed by atoms with Gasteiger partial charge in [-0.25, -0.2) is 14.4 Å². The first-order valence-corrected chi connectivity index (χ1v) is 9.50. The van der Waals surface area contributed by atoms with Crippen LogP contribution in [0.25, 0.3) is 0 Å². The Morgan fingerprint density at radius 3 is 2.68 bits per heavy atom. The van der Waals surface area contributed by atoms with Crippen LogP contribution in [-0.2, 0) is 4.79 Å². The molecule has 28 heavy (non-hydrogen) atoms. The molecule has 1 aromatic heterocycles. The van der Waals surface area contributed by atoms with Gasteiger partial charge >= 0.3 is 0 Å². The third-order valence-corrected chi connectivity index (χ3v) is 4.54. The smallest absolute Gasteiger partial charge is 0.234 e. The molecule has 1 aliphatic rings. The van der Waals surface area contributed by atoms with E-state index in [1.165, 1.54) is 24.5 Å². The standard InChI is InChI=1S/C19H23ClFN5O2/c1-13(2)24-18(27)11-25-5-7-26(8-6-25)17-10-19(23-12-22-17)28-16-4-3-14(21)9-15(16)20/h3-4,9-10,12-13H,5-8,11H2,1-2H3,(H,24,27). The van der Waals surface area contributed by atoms with Gasteiger partial charge in [0.15, 0.2) is 0 Å². The number of nitrogens with one attached hydrogen (secondary N) is 1. The number of benzene rings is 1. The zero-order valence-corrected chi connectivity index (χ0v) is 16.6. The summed E-state index contributed by atoms with van der Waals surface area (Å²) < 4.78 is 18.8. The van der Waals surface area contributed by atoms with E-state index >= 15 is 0 Å². The number of rotatable bonds is 6. The number of ether oxygens (including phenoxy) is 1. The first-order valence-electron chi connectivity index (χ1n) is 9.12. The number of nitrogens with zero attached hydrogens (tertiary/aromatic N) is 4. The van der Waals surface area contributed by atoms with Crippen LogP contribution in [0, 0.1) is 5.82 Å². The second-order valence-corrected chi connectivity index (χ2v) is 7.28. The Labute approximate surface area is 168 Å². The normalized spacial score (nSPS) is 15.0. The van der Waals surface area contributed by atoms with Gasteiger partial charge < -0.3 is 15.0 Å². The maximum Gasteiger partial charge on any atom is 0.234 e. The van der Waals surface area contributed by atoms with Crippen molar-refractivity contribution in [3.63, 3.8) is 0 Å². The van der Waals surface area contributed by atoms with Gasteiger partial charge in [-0.3, -0.25) is 9.69 Å². The van der Waals surface area contributed by atoms with Crippen molar-refractivity contribution in [2.24, 2.45) is 0 Å². The van der Waals surface area contributed by atoms with Gasteiger partial charge in [-0.15, -0.1) is 0 Å². The lowest BCUT2D eigenvalue weighted by Crippen LogP contribution is -2.50. The van der Waals surface area contributed by atoms with Crippen LogP contribution in [0.5, 0.6) is 11.6 Å². The molecule has 3 rings (SSSR count). The van der Waals surface area contributed by atoms with E-state index in [4.69, 9.17) is 16.3 Å². The SMILES string of the molecule is CC(C)NC(=O)CN1CCN(c2cc(Oc3ccc(F)cc3Cl)ncn2)CC1. The van der Waals surface area contributed by atoms with Crippen LogP contribution in [-0.4, -0.2) is 59.5 Å². The topological polar surface area (TPSA) is 70.6 Å². The molecule has 1 N–H and O–H groups in total. The number of aromatic nitrogens is 2. The molecule has 0 unspecified atom stereocenters. The molecule has 1 amide bonds. The summed E-state index contributed by atoms with van der Waals surface area (Å²) in [5.74, 6) is 0.999. The molecule has 2 heterocycles. The molecule has 0 aliphatic carbocycles. The highest BCUT2D eigenvalue weighted by atomic mass is 35.5. The van der Waals surface area contributed by atoms with Crippen molar-refractivity contribution in [3.05, 3.63) is 41.4 Å². The van der Waals surface area contributed by atoms with E-state index in [2.05, 4.69) is 25.1 Å². The Morgan fingerprint density at radius 2 is 2.00 bits per heavy atom. The molecule has 0 bridgehead atoms. The average Bonchev–Trinajstić information content (AvgIpc) is 2.64. The van der Waals surface area contributed by atoms with Crippen LogP contribution < -0.4 is 15.0 Å². The number of anilines is 1. The molecule has 9 heteroatoms. The average molecular weight is 408 g/mol. The summed E-state index contributed by atoms with van der Waals surface area (Å²) in [6, 6.07) is 5.79. The second-order valence-electron chi connectivity index (χ2n) is 6.88. The number of hydrogen-bond acceptors (Lipinski definition) is 6. The lowest BCUT2D eigenvalue weighted by atomic mass is 10.3. The van der Waals surface area contributed by atoms with Crippen LogP contribution in [0.3, 0.4) is 0 Å². The van der Waals surface area contributed by atoms with Gasteiger partial charge in [0.1, 0.15) is 23.7 Å². The highest BCUT2D eigenvalue weighted by Crippen LogP contribution is 2.29. The predicted molar refractivity (Wildman–Crippen MR) is 105 cm³/mol. The lowest BCUT2D eigenvalue weighted by Gasteiger charge is -2.35. The molecule has 0 radical (unpaired) electrons. The third kappa shape index (κ3) is 5.53. The Bertz CT molecular complexity index is 828. The van der Waals surface area contributed by atoms with Crippen molar-refractivity contribution in [2.75, 3.05) is 37.6 Å². The second kappa shape index (κ2) is 9.16. The van der Waals surface area contributed by atoms with Gasteiger partial charge in [0.2, 0.25) is 11.8 Å². The van der Waals surface area contributed by atoms with Crippen LogP contribution in [0.2, 0.25) is 5.02 Å². The zero-order valence-electron chi connectivity index (χ0n) is 15.9. The molecule has 1 aliphatic heterocycles. The maximum atomic E-state index is 13.2. The summed E-state index contributed by atoms with van der Waals surface area (Å²) in [6.45, 7) is 7.29. The van der Waals surface area contributed by atoms with Crippen molar-refractivity contribution < 1.29 is 13.9 Å². The fourth-order valence-corrected chi connectivity index (χ4v) is 3.14. The van der Waals surface area contributed by atoms with Crippen molar-refractivity contribution >= 4 is 23.3 Å². The number of halogens is 2. The van der Waals surface area contributed by atoms with E-state index in [0.717, 1.165) is 32.0 Å². The minimum Gasteiger partial charge on any atom is -0.437 e. The van der Waals surface area contributed by atoms with Gasteiger partial charge in [-0.1, -0.05) is 11.6 Å². The van der Waals surface area contributed by atoms with Gasteiger partial charge in [0.25, 0.3) is 0 Å². The lowest BCUT2D eigenvalue weighted by molar-refractivity contribution is -0.122. The molecular formula is C19H23ClFN5O2. The highest BCUT2D eigenvalue weighted by molar-refractivity contribution is 6.32. The summed E-state index contributed by atoms with van der Waals surface area (Å²) in [7, 11) is 0. The first-order chi connectivity index (χ1) is 13.4. The number of carbonyl (C=O) groups excluding carboxylic acids is 1. The molecule has 1 fully saturated rings. The third-order valence-electron chi connectivity index (χ3n) is 4.25. The molecule has 0 saturated carbocycles. The summed E-state index contributed by atoms with van der Waals surface area (Å²) >= 11 is 6.00. The Balaban J connectivity index is 1.58. The van der Waals surface area contributed by atoms with E-state index < -0.39 is 5.82 Å². The zero-order chi connectivity index (χ0) is 20.1. The number of carbonyl (C=O) groups is 1. The molecule has 0 spiro atoms. The molecule has 1 aromatic carbocycles. The number of piperazine rings is 1. The van der Waals surface area contributed by atoms with Crippen molar-refractivity contribution in [1.29, 1.82) is 0 Å². The number of amides is 1. The van der Waals surface area contributed by atoms with Crippen molar-refractivity contribution in [3.8, 4) is 11.6 Å². The largest absolute Gasteiger partial charge is 0.437 e. The maximum absolute atomic E-state index is 13.2. The molecule has 150 valence electrons. The molecule has 1 saturated heterocycles. The van der Waals surface area contributed by atoms with Crippen LogP contribution in [0.4, 0.5) is 10.2 Å². The van der Waals surface area contributed by atoms with E-state index in [1.54, 1.807) is 6.07 Å². The van der Waals surface area contributed by atoms with Crippen molar-refractivity contribution in [2.45, 2.75) is 19.9 Å². The summed E-state index contributed by atoms with van der Waals surface area (Å²) in [4.78, 5) is 24.5. The van der Waals surface area contributed by atoms with Crippen molar-refractivity contribution in [1.82, 2.24) is 20.2 Å². The fourth-order valence-electron chi connectivity index (χ4n) is 2.94. The van der Waals surface area contributed by atoms with Gasteiger partial charge in [0.05, 0.1) is 11.6 Å². The summed E-state index contributed by atoms with van der Waals surface area (Å²) in [6.07, 6.45) is 1.42. The Morgan fingerprint density at radius 1 is 1.25 bits per heavy atom. The van der Waals surface area contributed by atoms with Crippen LogP contribution in [0.15, 0.2) is 30.6 Å². The Kier molecular flexibility index (Phi) is 6.64. The van der Waals surface area contributed by atoms with Crippen LogP contribution >= 0.6 is 11.6 Å². The van der Waals surface area contributed by atoms with Crippen LogP contribution in [0.1, 0.15) is 13.8 Å².